The molecule has 2 saturated heterocycles. The second-order valence-electron chi connectivity index (χ2n) is 6.67. The normalized spacial score (nSPS) is 25.2. The lowest BCUT2D eigenvalue weighted by molar-refractivity contribution is -0.135. The molecular formula is C16H30N2O. The van der Waals surface area contributed by atoms with Gasteiger partial charge in [-0.25, -0.2) is 0 Å². The van der Waals surface area contributed by atoms with Crippen LogP contribution in [0.25, 0.3) is 0 Å². The number of likely N-dealkylation sites (tertiary alicyclic amines) is 2. The van der Waals surface area contributed by atoms with Crippen LogP contribution in [0.5, 0.6) is 0 Å². The molecule has 0 radical (unpaired) electrons. The van der Waals surface area contributed by atoms with E-state index in [9.17, 15) is 4.79 Å². The zero-order valence-corrected chi connectivity index (χ0v) is 12.7. The molecule has 19 heavy (non-hydrogen) atoms. The van der Waals surface area contributed by atoms with Crippen LogP contribution < -0.4 is 0 Å². The first kappa shape index (κ1) is 14.8. The summed E-state index contributed by atoms with van der Waals surface area (Å²) in [4.78, 5) is 17.1. The van der Waals surface area contributed by atoms with Gasteiger partial charge in [0, 0.05) is 25.6 Å². The molecule has 0 N–H and O–H groups in total. The lowest BCUT2D eigenvalue weighted by Gasteiger charge is -2.37. The highest BCUT2D eigenvalue weighted by molar-refractivity contribution is 5.76. The van der Waals surface area contributed by atoms with Crippen LogP contribution in [0.2, 0.25) is 0 Å². The van der Waals surface area contributed by atoms with E-state index >= 15 is 0 Å². The maximum absolute atomic E-state index is 12.3. The van der Waals surface area contributed by atoms with Crippen LogP contribution in [0.3, 0.4) is 0 Å². The molecule has 0 bridgehead atoms. The van der Waals surface area contributed by atoms with Gasteiger partial charge in [0.1, 0.15) is 0 Å². The smallest absolute Gasteiger partial charge is 0.223 e. The number of nitrogens with zero attached hydrogens (tertiary/aromatic N) is 2. The summed E-state index contributed by atoms with van der Waals surface area (Å²) in [6.45, 7) is 9.01. The number of rotatable bonds is 5. The molecule has 0 aliphatic carbocycles. The fourth-order valence-electron chi connectivity index (χ4n) is 3.43. The van der Waals surface area contributed by atoms with E-state index < -0.39 is 0 Å². The van der Waals surface area contributed by atoms with E-state index in [1.165, 1.54) is 58.2 Å². The van der Waals surface area contributed by atoms with Crippen LogP contribution >= 0.6 is 0 Å². The molecule has 0 saturated carbocycles. The average Bonchev–Trinajstić information content (AvgIpc) is 2.89. The summed E-state index contributed by atoms with van der Waals surface area (Å²) in [7, 11) is 0. The molecule has 3 nitrogen and oxygen atoms in total. The average molecular weight is 266 g/mol. The van der Waals surface area contributed by atoms with Gasteiger partial charge in [-0.3, -0.25) is 4.79 Å². The fourth-order valence-corrected chi connectivity index (χ4v) is 3.43. The Hall–Kier alpha value is -0.570. The van der Waals surface area contributed by atoms with Gasteiger partial charge in [-0.1, -0.05) is 13.8 Å². The monoisotopic (exact) mass is 266 g/mol. The zero-order valence-electron chi connectivity index (χ0n) is 12.7. The topological polar surface area (TPSA) is 23.6 Å². The lowest BCUT2D eigenvalue weighted by atomic mass is 9.97. The number of amides is 1. The van der Waals surface area contributed by atoms with Gasteiger partial charge in [0.15, 0.2) is 0 Å². The number of piperidine rings is 1. The van der Waals surface area contributed by atoms with Gasteiger partial charge >= 0.3 is 0 Å². The van der Waals surface area contributed by atoms with Gasteiger partial charge in [0.25, 0.3) is 0 Å². The van der Waals surface area contributed by atoms with Gasteiger partial charge in [-0.05, 0) is 57.5 Å². The summed E-state index contributed by atoms with van der Waals surface area (Å²) < 4.78 is 0. The summed E-state index contributed by atoms with van der Waals surface area (Å²) in [5, 5.41) is 0. The minimum Gasteiger partial charge on any atom is -0.340 e. The molecule has 2 heterocycles. The van der Waals surface area contributed by atoms with E-state index in [0.29, 0.717) is 17.9 Å². The van der Waals surface area contributed by atoms with E-state index in [4.69, 9.17) is 0 Å². The first-order valence-electron chi connectivity index (χ1n) is 8.18. The third-order valence-corrected chi connectivity index (χ3v) is 4.51. The molecule has 2 aliphatic rings. The van der Waals surface area contributed by atoms with Gasteiger partial charge in [-0.2, -0.15) is 0 Å². The maximum atomic E-state index is 12.3. The Kier molecular flexibility index (Phi) is 5.68. The second-order valence-corrected chi connectivity index (χ2v) is 6.67. The van der Waals surface area contributed by atoms with E-state index in [1.54, 1.807) is 0 Å². The molecular weight excluding hydrogens is 236 g/mol. The van der Waals surface area contributed by atoms with Crippen molar-refractivity contribution >= 4 is 5.91 Å². The predicted molar refractivity (Wildman–Crippen MR) is 79.1 cm³/mol. The number of carbonyl (C=O) groups is 1. The summed E-state index contributed by atoms with van der Waals surface area (Å²) in [6, 6.07) is 0.514. The van der Waals surface area contributed by atoms with Crippen LogP contribution in [0.15, 0.2) is 0 Å². The standard InChI is InChI=1S/C16H30N2O/c1-14(2)13-16(19)18-11-4-3-7-15(18)8-12-17-9-5-6-10-17/h14-15H,3-13H2,1-2H3/t15-/m1/s1. The van der Waals surface area contributed by atoms with Crippen LogP contribution in [0.4, 0.5) is 0 Å². The van der Waals surface area contributed by atoms with Crippen molar-refractivity contribution in [2.24, 2.45) is 5.92 Å². The van der Waals surface area contributed by atoms with Gasteiger partial charge in [0.2, 0.25) is 5.91 Å². The molecule has 0 aromatic carbocycles. The number of hydrogen-bond acceptors (Lipinski definition) is 2. The summed E-state index contributed by atoms with van der Waals surface area (Å²) in [6.07, 6.45) is 8.35. The first-order chi connectivity index (χ1) is 9.16. The van der Waals surface area contributed by atoms with E-state index in [2.05, 4.69) is 23.6 Å². The first-order valence-corrected chi connectivity index (χ1v) is 8.18. The van der Waals surface area contributed by atoms with Crippen LogP contribution in [-0.4, -0.2) is 47.9 Å². The Labute approximate surface area is 118 Å². The van der Waals surface area contributed by atoms with Crippen LogP contribution in [0, 0.1) is 5.92 Å². The Morgan fingerprint density at radius 3 is 2.47 bits per heavy atom. The Bertz CT molecular complexity index is 284. The van der Waals surface area contributed by atoms with Gasteiger partial charge in [0.05, 0.1) is 0 Å². The van der Waals surface area contributed by atoms with Gasteiger partial charge in [-0.15, -0.1) is 0 Å². The second kappa shape index (κ2) is 7.28. The third-order valence-electron chi connectivity index (χ3n) is 4.51. The van der Waals surface area contributed by atoms with Gasteiger partial charge < -0.3 is 9.80 Å². The van der Waals surface area contributed by atoms with Crippen LogP contribution in [-0.2, 0) is 4.79 Å². The van der Waals surface area contributed by atoms with Crippen molar-refractivity contribution in [1.82, 2.24) is 9.80 Å². The van der Waals surface area contributed by atoms with Crippen molar-refractivity contribution in [2.45, 2.75) is 64.8 Å². The predicted octanol–water partition coefficient (Wildman–Crippen LogP) is 2.90. The van der Waals surface area contributed by atoms with E-state index in [1.807, 2.05) is 0 Å². The minimum absolute atomic E-state index is 0.390. The lowest BCUT2D eigenvalue weighted by Crippen LogP contribution is -2.45. The molecule has 110 valence electrons. The Balaban J connectivity index is 1.82. The fraction of sp³-hybridized carbons (Fsp3) is 0.938. The molecule has 2 fully saturated rings. The summed E-state index contributed by atoms with van der Waals surface area (Å²) in [5.74, 6) is 0.870. The van der Waals surface area contributed by atoms with Crippen molar-refractivity contribution in [1.29, 1.82) is 0 Å². The molecule has 1 atom stereocenters. The zero-order chi connectivity index (χ0) is 13.7. The number of carbonyl (C=O) groups excluding carboxylic acids is 1. The Morgan fingerprint density at radius 2 is 1.79 bits per heavy atom. The molecule has 0 aromatic heterocycles. The summed E-state index contributed by atoms with van der Waals surface area (Å²) >= 11 is 0. The molecule has 0 spiro atoms. The van der Waals surface area contributed by atoms with E-state index in [0.717, 1.165) is 13.0 Å². The molecule has 1 amide bonds. The highest BCUT2D eigenvalue weighted by atomic mass is 16.2. The molecule has 2 rings (SSSR count). The molecule has 2 aliphatic heterocycles. The van der Waals surface area contributed by atoms with Crippen molar-refractivity contribution < 1.29 is 4.79 Å². The van der Waals surface area contributed by atoms with E-state index in [-0.39, 0.29) is 0 Å². The van der Waals surface area contributed by atoms with Crippen LogP contribution in [0.1, 0.15) is 58.8 Å². The summed E-state index contributed by atoms with van der Waals surface area (Å²) in [5.41, 5.74) is 0. The maximum Gasteiger partial charge on any atom is 0.223 e. The third kappa shape index (κ3) is 4.48. The van der Waals surface area contributed by atoms with Crippen molar-refractivity contribution in [3.63, 3.8) is 0 Å². The molecule has 0 unspecified atom stereocenters. The van der Waals surface area contributed by atoms with Crippen molar-refractivity contribution in [2.75, 3.05) is 26.2 Å². The number of hydrogen-bond donors (Lipinski definition) is 0. The highest BCUT2D eigenvalue weighted by Crippen LogP contribution is 2.22. The Morgan fingerprint density at radius 1 is 1.11 bits per heavy atom. The quantitative estimate of drug-likeness (QED) is 0.764. The molecule has 0 aromatic rings. The van der Waals surface area contributed by atoms with Crippen molar-refractivity contribution in [3.05, 3.63) is 0 Å². The highest BCUT2D eigenvalue weighted by Gasteiger charge is 2.27. The minimum atomic E-state index is 0.390. The van der Waals surface area contributed by atoms with Crippen molar-refractivity contribution in [3.8, 4) is 0 Å². The largest absolute Gasteiger partial charge is 0.340 e. The SMILES string of the molecule is CC(C)CC(=O)N1CCCC[C@@H]1CCN1CCCC1. The molecule has 3 heteroatoms.